The number of hydrogen-bond acceptors (Lipinski definition) is 7. The van der Waals surface area contributed by atoms with Crippen molar-refractivity contribution in [3.8, 4) is 5.88 Å². The standard InChI is InChI=1S/C20H16N4O4S2/c1-23-19(26)17(18(25)22-20(23)29)14-10-16(11-6-8-12(9-7-11)24(27)28)30-15-5-3-2-4-13(15)21-14/h2-9,16,26H,10H2,1H3,(H,22,25,29)/t16-/m0/s1. The number of non-ortho nitro benzene ring substituents is 1. The molecule has 30 heavy (non-hydrogen) atoms. The van der Waals surface area contributed by atoms with Crippen LogP contribution >= 0.6 is 24.0 Å². The molecular formula is C20H16N4O4S2. The number of para-hydroxylation sites is 1. The van der Waals surface area contributed by atoms with E-state index in [4.69, 9.17) is 12.2 Å². The molecule has 1 aromatic heterocycles. The summed E-state index contributed by atoms with van der Waals surface area (Å²) in [5.41, 5.74) is 1.52. The number of nitro benzene ring substituents is 1. The van der Waals surface area contributed by atoms with E-state index in [1.807, 2.05) is 24.3 Å². The van der Waals surface area contributed by atoms with E-state index in [-0.39, 0.29) is 27.2 Å². The fourth-order valence-corrected chi connectivity index (χ4v) is 4.65. The van der Waals surface area contributed by atoms with Gasteiger partial charge in [-0.2, -0.15) is 0 Å². The van der Waals surface area contributed by atoms with Gasteiger partial charge in [-0.1, -0.05) is 24.3 Å². The maximum absolute atomic E-state index is 12.6. The normalized spacial score (nSPS) is 15.8. The van der Waals surface area contributed by atoms with Crippen LogP contribution in [-0.4, -0.2) is 25.3 Å². The van der Waals surface area contributed by atoms with E-state index >= 15 is 0 Å². The second kappa shape index (κ2) is 7.88. The molecule has 152 valence electrons. The molecule has 0 amide bonds. The SMILES string of the molecule is Cn1c(O)c(C2=Nc3ccccc3S[C@H](c3ccc([N+](=O)[O-])cc3)C2)c(=O)[nH]c1=S. The van der Waals surface area contributed by atoms with Crippen molar-refractivity contribution >= 4 is 41.1 Å². The van der Waals surface area contributed by atoms with Gasteiger partial charge in [0.05, 0.1) is 16.3 Å². The molecule has 2 heterocycles. The van der Waals surface area contributed by atoms with Crippen molar-refractivity contribution in [1.29, 1.82) is 0 Å². The number of hydrogen-bond donors (Lipinski definition) is 2. The molecule has 1 atom stereocenters. The number of fused-ring (bicyclic) bond motifs is 1. The Morgan fingerprint density at radius 1 is 1.27 bits per heavy atom. The Balaban J connectivity index is 1.86. The fourth-order valence-electron chi connectivity index (χ4n) is 3.23. The molecule has 2 N–H and O–H groups in total. The first-order valence-corrected chi connectivity index (χ1v) is 10.2. The molecule has 8 nitrogen and oxygen atoms in total. The summed E-state index contributed by atoms with van der Waals surface area (Å²) in [6, 6.07) is 13.8. The van der Waals surface area contributed by atoms with Crippen molar-refractivity contribution < 1.29 is 10.0 Å². The van der Waals surface area contributed by atoms with E-state index in [1.54, 1.807) is 30.9 Å². The van der Waals surface area contributed by atoms with E-state index in [0.717, 1.165) is 10.5 Å². The monoisotopic (exact) mass is 440 g/mol. The van der Waals surface area contributed by atoms with Crippen molar-refractivity contribution in [3.63, 3.8) is 0 Å². The summed E-state index contributed by atoms with van der Waals surface area (Å²) in [6.07, 6.45) is 0.338. The minimum absolute atomic E-state index is 0.00816. The summed E-state index contributed by atoms with van der Waals surface area (Å²) >= 11 is 6.62. The molecule has 0 fully saturated rings. The van der Waals surface area contributed by atoms with Crippen LogP contribution in [0.15, 0.2) is 63.2 Å². The van der Waals surface area contributed by atoms with Crippen LogP contribution in [0.25, 0.3) is 0 Å². The maximum Gasteiger partial charge on any atom is 0.269 e. The van der Waals surface area contributed by atoms with Gasteiger partial charge in [0, 0.05) is 35.7 Å². The lowest BCUT2D eigenvalue weighted by molar-refractivity contribution is -0.384. The third kappa shape index (κ3) is 3.66. The minimum atomic E-state index is -0.513. The van der Waals surface area contributed by atoms with Crippen LogP contribution in [-0.2, 0) is 7.05 Å². The van der Waals surface area contributed by atoms with Crippen LogP contribution in [0.3, 0.4) is 0 Å². The van der Waals surface area contributed by atoms with Crippen molar-refractivity contribution in [1.82, 2.24) is 9.55 Å². The molecule has 0 bridgehead atoms. The molecule has 0 aliphatic carbocycles. The Morgan fingerprint density at radius 2 is 1.97 bits per heavy atom. The van der Waals surface area contributed by atoms with Gasteiger partial charge >= 0.3 is 0 Å². The molecule has 0 spiro atoms. The lowest BCUT2D eigenvalue weighted by atomic mass is 10.0. The Bertz CT molecular complexity index is 1300. The highest BCUT2D eigenvalue weighted by Crippen LogP contribution is 2.45. The van der Waals surface area contributed by atoms with Gasteiger partial charge in [-0.05, 0) is 29.9 Å². The summed E-state index contributed by atoms with van der Waals surface area (Å²) in [5, 5.41) is 21.4. The molecular weight excluding hydrogens is 424 g/mol. The van der Waals surface area contributed by atoms with E-state index in [1.165, 1.54) is 16.7 Å². The number of aromatic nitrogens is 2. The topological polar surface area (TPSA) is 114 Å². The Morgan fingerprint density at radius 3 is 2.67 bits per heavy atom. The summed E-state index contributed by atoms with van der Waals surface area (Å²) in [4.78, 5) is 31.3. The lowest BCUT2D eigenvalue weighted by Crippen LogP contribution is -2.23. The number of H-pyrrole nitrogens is 1. The van der Waals surface area contributed by atoms with Gasteiger partial charge in [0.15, 0.2) is 4.77 Å². The second-order valence-corrected chi connectivity index (χ2v) is 8.33. The zero-order valence-corrected chi connectivity index (χ0v) is 17.4. The highest BCUT2D eigenvalue weighted by Gasteiger charge is 2.26. The number of rotatable bonds is 3. The Hall–Kier alpha value is -3.24. The van der Waals surface area contributed by atoms with Crippen LogP contribution in [0, 0.1) is 14.9 Å². The third-order valence-corrected chi connectivity index (χ3v) is 6.52. The number of thioether (sulfide) groups is 1. The molecule has 2 aromatic carbocycles. The predicted octanol–water partition coefficient (Wildman–Crippen LogP) is 4.41. The van der Waals surface area contributed by atoms with E-state index in [0.29, 0.717) is 17.8 Å². The highest BCUT2D eigenvalue weighted by atomic mass is 32.2. The molecule has 0 saturated heterocycles. The third-order valence-electron chi connectivity index (χ3n) is 4.83. The summed E-state index contributed by atoms with van der Waals surface area (Å²) in [7, 11) is 1.56. The number of nitrogens with zero attached hydrogens (tertiary/aromatic N) is 3. The maximum atomic E-state index is 12.6. The highest BCUT2D eigenvalue weighted by molar-refractivity contribution is 7.99. The summed E-state index contributed by atoms with van der Waals surface area (Å²) < 4.78 is 1.43. The number of aliphatic imine (C=N–C) groups is 1. The van der Waals surface area contributed by atoms with Crippen molar-refractivity contribution in [2.24, 2.45) is 12.0 Å². The largest absolute Gasteiger partial charge is 0.494 e. The molecule has 1 aliphatic rings. The average molecular weight is 441 g/mol. The molecule has 4 rings (SSSR count). The Kier molecular flexibility index (Phi) is 5.27. The molecule has 0 radical (unpaired) electrons. The van der Waals surface area contributed by atoms with E-state index in [2.05, 4.69) is 9.98 Å². The number of nitro groups is 1. The van der Waals surface area contributed by atoms with Crippen molar-refractivity contribution in [2.75, 3.05) is 0 Å². The van der Waals surface area contributed by atoms with Gasteiger partial charge in [0.2, 0.25) is 5.88 Å². The van der Waals surface area contributed by atoms with Gasteiger partial charge in [0.25, 0.3) is 11.2 Å². The van der Waals surface area contributed by atoms with Gasteiger partial charge in [0.1, 0.15) is 5.56 Å². The fraction of sp³-hybridized carbons (Fsp3) is 0.150. The van der Waals surface area contributed by atoms with Crippen molar-refractivity contribution in [3.05, 3.63) is 84.9 Å². The molecule has 3 aromatic rings. The number of aromatic hydroxyl groups is 1. The van der Waals surface area contributed by atoms with Crippen LogP contribution in [0.4, 0.5) is 11.4 Å². The molecule has 1 aliphatic heterocycles. The zero-order valence-electron chi connectivity index (χ0n) is 15.7. The average Bonchev–Trinajstić information content (AvgIpc) is 2.92. The summed E-state index contributed by atoms with van der Waals surface area (Å²) in [6.45, 7) is 0. The van der Waals surface area contributed by atoms with Gasteiger partial charge in [-0.25, -0.2) is 0 Å². The quantitative estimate of drug-likeness (QED) is 0.354. The van der Waals surface area contributed by atoms with Gasteiger partial charge in [-0.15, -0.1) is 11.8 Å². The molecule has 10 heteroatoms. The first-order valence-electron chi connectivity index (χ1n) is 8.95. The first kappa shape index (κ1) is 20.0. The zero-order chi connectivity index (χ0) is 21.4. The first-order chi connectivity index (χ1) is 14.3. The van der Waals surface area contributed by atoms with Crippen LogP contribution in [0.5, 0.6) is 5.88 Å². The number of benzene rings is 2. The molecule has 0 unspecified atom stereocenters. The lowest BCUT2D eigenvalue weighted by Gasteiger charge is -2.16. The van der Waals surface area contributed by atoms with E-state index in [9.17, 15) is 20.0 Å². The number of aromatic amines is 1. The van der Waals surface area contributed by atoms with E-state index < -0.39 is 10.5 Å². The smallest absolute Gasteiger partial charge is 0.269 e. The predicted molar refractivity (Wildman–Crippen MR) is 117 cm³/mol. The number of nitrogens with one attached hydrogen (secondary N) is 1. The second-order valence-electron chi connectivity index (χ2n) is 6.70. The minimum Gasteiger partial charge on any atom is -0.494 e. The van der Waals surface area contributed by atoms with Crippen LogP contribution < -0.4 is 5.56 Å². The van der Waals surface area contributed by atoms with Crippen LogP contribution in [0.1, 0.15) is 22.8 Å². The van der Waals surface area contributed by atoms with Crippen molar-refractivity contribution in [2.45, 2.75) is 16.6 Å². The van der Waals surface area contributed by atoms with Gasteiger partial charge < -0.3 is 5.11 Å². The van der Waals surface area contributed by atoms with Gasteiger partial charge in [-0.3, -0.25) is 29.5 Å². The molecule has 0 saturated carbocycles. The summed E-state index contributed by atoms with van der Waals surface area (Å²) in [5.74, 6) is -0.255. The Labute approximate surface area is 180 Å². The van der Waals surface area contributed by atoms with Crippen LogP contribution in [0.2, 0.25) is 0 Å².